The Morgan fingerprint density at radius 3 is 2.82 bits per heavy atom. The summed E-state index contributed by atoms with van der Waals surface area (Å²) in [6, 6.07) is 5.58. The summed E-state index contributed by atoms with van der Waals surface area (Å²) < 4.78 is 11.2. The van der Waals surface area contributed by atoms with E-state index < -0.39 is 0 Å². The fourth-order valence-corrected chi connectivity index (χ4v) is 3.44. The third-order valence-corrected chi connectivity index (χ3v) is 4.40. The Morgan fingerprint density at radius 1 is 1.14 bits per heavy atom. The average molecular weight is 316 g/mol. The summed E-state index contributed by atoms with van der Waals surface area (Å²) >= 11 is 5.29. The lowest BCUT2D eigenvalue weighted by Crippen LogP contribution is -2.46. The average Bonchev–Trinajstić information content (AvgIpc) is 2.53. The predicted octanol–water partition coefficient (Wildman–Crippen LogP) is 1.98. The van der Waals surface area contributed by atoms with E-state index in [1.54, 1.807) is 0 Å². The summed E-state index contributed by atoms with van der Waals surface area (Å²) in [5, 5.41) is 6.91. The predicted molar refractivity (Wildman–Crippen MR) is 84.9 cm³/mol. The summed E-state index contributed by atoms with van der Waals surface area (Å²) in [5.74, 6) is 1.65. The minimum atomic E-state index is -0.215. The molecule has 0 fully saturated rings. The van der Waals surface area contributed by atoms with E-state index in [-0.39, 0.29) is 11.8 Å². The SMILES string of the molecule is O=C1CCCC2=C1C(c1ccc3c(c1)OCCO3)NC(=S)N2. The van der Waals surface area contributed by atoms with Gasteiger partial charge in [0.25, 0.3) is 0 Å². The third-order valence-electron chi connectivity index (χ3n) is 4.18. The standard InChI is InChI=1S/C16H16N2O3S/c19-11-3-1-2-10-14(11)15(18-16(22)17-10)9-4-5-12-13(8-9)21-7-6-20-12/h4-5,8,15H,1-3,6-7H2,(H2,17,18,22). The lowest BCUT2D eigenvalue weighted by Gasteiger charge is -2.34. The van der Waals surface area contributed by atoms with Crippen molar-refractivity contribution in [1.29, 1.82) is 0 Å². The van der Waals surface area contributed by atoms with Gasteiger partial charge in [-0.05, 0) is 42.8 Å². The largest absolute Gasteiger partial charge is 0.486 e. The summed E-state index contributed by atoms with van der Waals surface area (Å²) in [5.41, 5.74) is 2.73. The molecule has 0 aromatic heterocycles. The molecule has 0 bridgehead atoms. The molecule has 0 spiro atoms. The number of nitrogens with one attached hydrogen (secondary N) is 2. The van der Waals surface area contributed by atoms with Crippen LogP contribution in [-0.2, 0) is 4.79 Å². The zero-order valence-corrected chi connectivity index (χ0v) is 12.8. The van der Waals surface area contributed by atoms with E-state index in [0.717, 1.165) is 41.2 Å². The third kappa shape index (κ3) is 2.23. The van der Waals surface area contributed by atoms with Gasteiger partial charge in [0.1, 0.15) is 13.2 Å². The Bertz CT molecular complexity index is 699. The zero-order valence-electron chi connectivity index (χ0n) is 12.0. The van der Waals surface area contributed by atoms with Crippen LogP contribution in [0.1, 0.15) is 30.9 Å². The number of thiocarbonyl (C=S) groups is 1. The number of hydrogen-bond donors (Lipinski definition) is 2. The van der Waals surface area contributed by atoms with E-state index in [1.165, 1.54) is 0 Å². The Kier molecular flexibility index (Phi) is 3.26. The molecular formula is C16H16N2O3S. The second kappa shape index (κ2) is 5.28. The van der Waals surface area contributed by atoms with Crippen LogP contribution in [-0.4, -0.2) is 24.1 Å². The van der Waals surface area contributed by atoms with Gasteiger partial charge in [0, 0.05) is 17.7 Å². The molecule has 3 aliphatic rings. The molecule has 0 saturated heterocycles. The van der Waals surface area contributed by atoms with Gasteiger partial charge in [0.05, 0.1) is 6.04 Å². The van der Waals surface area contributed by atoms with Crippen LogP contribution in [0.5, 0.6) is 11.5 Å². The van der Waals surface area contributed by atoms with Crippen LogP contribution in [0.4, 0.5) is 0 Å². The van der Waals surface area contributed by atoms with Crippen molar-refractivity contribution in [3.8, 4) is 11.5 Å². The molecule has 1 aromatic rings. The van der Waals surface area contributed by atoms with Gasteiger partial charge in [-0.25, -0.2) is 0 Å². The Labute approximate surface area is 133 Å². The van der Waals surface area contributed by atoms with Crippen molar-refractivity contribution >= 4 is 23.1 Å². The maximum absolute atomic E-state index is 12.4. The first kappa shape index (κ1) is 13.6. The number of ketones is 1. The summed E-state index contributed by atoms with van der Waals surface area (Å²) in [7, 11) is 0. The first-order valence-corrected chi connectivity index (χ1v) is 7.86. The summed E-state index contributed by atoms with van der Waals surface area (Å²) in [4.78, 5) is 12.4. The lowest BCUT2D eigenvalue weighted by molar-refractivity contribution is -0.116. The van der Waals surface area contributed by atoms with Crippen LogP contribution in [0.15, 0.2) is 29.5 Å². The molecule has 1 aliphatic carbocycles. The van der Waals surface area contributed by atoms with Crippen molar-refractivity contribution in [1.82, 2.24) is 10.6 Å². The monoisotopic (exact) mass is 316 g/mol. The van der Waals surface area contributed by atoms with Gasteiger partial charge in [-0.1, -0.05) is 6.07 Å². The molecule has 1 atom stereocenters. The minimum Gasteiger partial charge on any atom is -0.486 e. The summed E-state index contributed by atoms with van der Waals surface area (Å²) in [6.45, 7) is 1.11. The van der Waals surface area contributed by atoms with Gasteiger partial charge >= 0.3 is 0 Å². The molecule has 1 unspecified atom stereocenters. The lowest BCUT2D eigenvalue weighted by atomic mass is 9.85. The molecule has 2 heterocycles. The molecular weight excluding hydrogens is 300 g/mol. The van der Waals surface area contributed by atoms with Gasteiger partial charge < -0.3 is 20.1 Å². The summed E-state index contributed by atoms with van der Waals surface area (Å²) in [6.07, 6.45) is 2.33. The highest BCUT2D eigenvalue weighted by Crippen LogP contribution is 2.38. The molecule has 5 nitrogen and oxygen atoms in total. The fourth-order valence-electron chi connectivity index (χ4n) is 3.19. The molecule has 1 aromatic carbocycles. The minimum absolute atomic E-state index is 0.184. The second-order valence-electron chi connectivity index (χ2n) is 5.60. The zero-order chi connectivity index (χ0) is 15.1. The molecule has 2 N–H and O–H groups in total. The van der Waals surface area contributed by atoms with Crippen LogP contribution >= 0.6 is 12.2 Å². The number of ether oxygens (including phenoxy) is 2. The number of Topliss-reactive ketones (excluding diaryl/α,β-unsaturated/α-hetero) is 1. The number of hydrogen-bond acceptors (Lipinski definition) is 4. The van der Waals surface area contributed by atoms with Gasteiger partial charge in [0.15, 0.2) is 22.4 Å². The van der Waals surface area contributed by atoms with Crippen LogP contribution in [0, 0.1) is 0 Å². The maximum Gasteiger partial charge on any atom is 0.171 e. The van der Waals surface area contributed by atoms with Gasteiger partial charge in [-0.3, -0.25) is 4.79 Å². The van der Waals surface area contributed by atoms with Crippen LogP contribution in [0.3, 0.4) is 0 Å². The van der Waals surface area contributed by atoms with Crippen LogP contribution in [0.2, 0.25) is 0 Å². The van der Waals surface area contributed by atoms with Crippen molar-refractivity contribution in [2.75, 3.05) is 13.2 Å². The molecule has 0 saturated carbocycles. The highest BCUT2D eigenvalue weighted by Gasteiger charge is 2.33. The Hall–Kier alpha value is -2.08. The molecule has 0 radical (unpaired) electrons. The van der Waals surface area contributed by atoms with Gasteiger partial charge in [-0.2, -0.15) is 0 Å². The topological polar surface area (TPSA) is 59.6 Å². The van der Waals surface area contributed by atoms with Crippen molar-refractivity contribution in [3.63, 3.8) is 0 Å². The molecule has 6 heteroatoms. The highest BCUT2D eigenvalue weighted by atomic mass is 32.1. The number of carbonyl (C=O) groups excluding carboxylic acids is 1. The van der Waals surface area contributed by atoms with Crippen molar-refractivity contribution < 1.29 is 14.3 Å². The number of benzene rings is 1. The fraction of sp³-hybridized carbons (Fsp3) is 0.375. The van der Waals surface area contributed by atoms with Crippen LogP contribution in [0.25, 0.3) is 0 Å². The first-order valence-electron chi connectivity index (χ1n) is 7.46. The molecule has 22 heavy (non-hydrogen) atoms. The van der Waals surface area contributed by atoms with Gasteiger partial charge in [0.2, 0.25) is 0 Å². The smallest absolute Gasteiger partial charge is 0.171 e. The van der Waals surface area contributed by atoms with E-state index in [4.69, 9.17) is 21.7 Å². The Morgan fingerprint density at radius 2 is 1.95 bits per heavy atom. The normalized spacial score (nSPS) is 23.5. The molecule has 4 rings (SSSR count). The van der Waals surface area contributed by atoms with Crippen molar-refractivity contribution in [2.24, 2.45) is 0 Å². The van der Waals surface area contributed by atoms with E-state index in [9.17, 15) is 4.79 Å². The van der Waals surface area contributed by atoms with E-state index in [1.807, 2.05) is 18.2 Å². The number of rotatable bonds is 1. The molecule has 2 aliphatic heterocycles. The first-order chi connectivity index (χ1) is 10.7. The quantitative estimate of drug-likeness (QED) is 0.773. The van der Waals surface area contributed by atoms with E-state index >= 15 is 0 Å². The number of carbonyl (C=O) groups is 1. The molecule has 0 amide bonds. The maximum atomic E-state index is 12.4. The van der Waals surface area contributed by atoms with Crippen molar-refractivity contribution in [2.45, 2.75) is 25.3 Å². The second-order valence-corrected chi connectivity index (χ2v) is 6.01. The van der Waals surface area contributed by atoms with Crippen LogP contribution < -0.4 is 20.1 Å². The Balaban J connectivity index is 1.77. The number of allylic oxidation sites excluding steroid dienone is 1. The van der Waals surface area contributed by atoms with E-state index in [0.29, 0.717) is 24.7 Å². The van der Waals surface area contributed by atoms with Crippen molar-refractivity contribution in [3.05, 3.63) is 35.0 Å². The number of fused-ring (bicyclic) bond motifs is 1. The van der Waals surface area contributed by atoms with E-state index in [2.05, 4.69) is 10.6 Å². The molecule has 114 valence electrons. The highest BCUT2D eigenvalue weighted by molar-refractivity contribution is 7.80. The van der Waals surface area contributed by atoms with Gasteiger partial charge in [-0.15, -0.1) is 0 Å².